The molecule has 0 saturated heterocycles. The van der Waals surface area contributed by atoms with E-state index in [9.17, 15) is 0 Å². The van der Waals surface area contributed by atoms with Crippen LogP contribution in [0.1, 0.15) is 16.7 Å². The molecule has 0 heterocycles. The van der Waals surface area contributed by atoms with Crippen LogP contribution in [0.3, 0.4) is 0 Å². The second-order valence-electron chi connectivity index (χ2n) is 5.74. The molecule has 0 atom stereocenters. The van der Waals surface area contributed by atoms with E-state index in [2.05, 4.69) is 31.2 Å². The van der Waals surface area contributed by atoms with Gasteiger partial charge >= 0.3 is 0 Å². The maximum Gasteiger partial charge on any atom is 0.0503 e. The van der Waals surface area contributed by atoms with Crippen molar-refractivity contribution in [3.8, 4) is 11.1 Å². The first kappa shape index (κ1) is 17.3. The van der Waals surface area contributed by atoms with Crippen LogP contribution in [0.5, 0.6) is 0 Å². The lowest BCUT2D eigenvalue weighted by atomic mass is 9.91. The van der Waals surface area contributed by atoms with Gasteiger partial charge in [0.1, 0.15) is 0 Å². The van der Waals surface area contributed by atoms with Gasteiger partial charge in [0, 0.05) is 31.2 Å². The third-order valence-corrected chi connectivity index (χ3v) is 4.10. The highest BCUT2D eigenvalue weighted by Crippen LogP contribution is 2.35. The van der Waals surface area contributed by atoms with Crippen LogP contribution in [0.15, 0.2) is 30.3 Å². The molecule has 0 amide bonds. The lowest BCUT2D eigenvalue weighted by Gasteiger charge is -2.19. The number of nitrogens with two attached hydrogens (primary N) is 2. The van der Waals surface area contributed by atoms with Crippen molar-refractivity contribution in [2.45, 2.75) is 19.8 Å². The SMILES string of the molecule is COCCc1c(N)cc(-c2ccc(C)cc2)c(N)c1CCOC. The standard InChI is InChI=1S/C19H26N2O2/c1-13-4-6-14(7-5-13)17-12-18(20)15(8-10-22-2)16(19(17)21)9-11-23-3/h4-7,12H,8-11,20-21H2,1-3H3. The second kappa shape index (κ2) is 7.99. The average Bonchev–Trinajstić information content (AvgIpc) is 2.55. The molecule has 0 bridgehead atoms. The Morgan fingerprint density at radius 1 is 0.870 bits per heavy atom. The number of methoxy groups -OCH3 is 2. The van der Waals surface area contributed by atoms with E-state index in [1.165, 1.54) is 5.56 Å². The summed E-state index contributed by atoms with van der Waals surface area (Å²) >= 11 is 0. The van der Waals surface area contributed by atoms with Gasteiger partial charge in [0.25, 0.3) is 0 Å². The molecule has 4 nitrogen and oxygen atoms in total. The zero-order chi connectivity index (χ0) is 16.8. The molecule has 2 aromatic carbocycles. The largest absolute Gasteiger partial charge is 0.398 e. The number of rotatable bonds is 7. The molecule has 23 heavy (non-hydrogen) atoms. The third kappa shape index (κ3) is 4.03. The van der Waals surface area contributed by atoms with Crippen LogP contribution < -0.4 is 11.5 Å². The molecule has 0 unspecified atom stereocenters. The molecule has 0 aromatic heterocycles. The molecule has 4 N–H and O–H groups in total. The predicted molar refractivity (Wildman–Crippen MR) is 96.6 cm³/mol. The molecule has 0 aliphatic heterocycles. The van der Waals surface area contributed by atoms with Crippen LogP contribution >= 0.6 is 0 Å². The van der Waals surface area contributed by atoms with Gasteiger partial charge in [0.05, 0.1) is 13.2 Å². The lowest BCUT2D eigenvalue weighted by Crippen LogP contribution is -2.10. The minimum Gasteiger partial charge on any atom is -0.398 e. The number of hydrogen-bond donors (Lipinski definition) is 2. The molecule has 0 aliphatic carbocycles. The molecule has 0 saturated carbocycles. The molecule has 0 radical (unpaired) electrons. The van der Waals surface area contributed by atoms with Crippen LogP contribution in [0.4, 0.5) is 11.4 Å². The maximum absolute atomic E-state index is 6.48. The quantitative estimate of drug-likeness (QED) is 0.770. The number of anilines is 2. The summed E-state index contributed by atoms with van der Waals surface area (Å²) in [5.74, 6) is 0. The number of hydrogen-bond acceptors (Lipinski definition) is 4. The Hall–Kier alpha value is -2.04. The highest BCUT2D eigenvalue weighted by atomic mass is 16.5. The van der Waals surface area contributed by atoms with E-state index in [0.29, 0.717) is 13.2 Å². The lowest BCUT2D eigenvalue weighted by molar-refractivity contribution is 0.198. The summed E-state index contributed by atoms with van der Waals surface area (Å²) in [6, 6.07) is 10.3. The van der Waals surface area contributed by atoms with Gasteiger partial charge in [0.15, 0.2) is 0 Å². The Morgan fingerprint density at radius 2 is 1.43 bits per heavy atom. The van der Waals surface area contributed by atoms with E-state index >= 15 is 0 Å². The fourth-order valence-electron chi connectivity index (χ4n) is 2.78. The van der Waals surface area contributed by atoms with Gasteiger partial charge in [-0.15, -0.1) is 0 Å². The van der Waals surface area contributed by atoms with Gasteiger partial charge < -0.3 is 20.9 Å². The molecular formula is C19H26N2O2. The molecule has 0 fully saturated rings. The molecule has 0 spiro atoms. The molecule has 4 heteroatoms. The van der Waals surface area contributed by atoms with E-state index in [1.54, 1.807) is 14.2 Å². The highest BCUT2D eigenvalue weighted by Gasteiger charge is 2.15. The fourth-order valence-corrected chi connectivity index (χ4v) is 2.78. The van der Waals surface area contributed by atoms with E-state index in [4.69, 9.17) is 20.9 Å². The number of nitrogen functional groups attached to an aromatic ring is 2. The van der Waals surface area contributed by atoms with Crippen molar-refractivity contribution in [1.29, 1.82) is 0 Å². The minimum atomic E-state index is 0.612. The third-order valence-electron chi connectivity index (χ3n) is 4.10. The van der Waals surface area contributed by atoms with Crippen molar-refractivity contribution in [1.82, 2.24) is 0 Å². The van der Waals surface area contributed by atoms with Crippen LogP contribution in [-0.4, -0.2) is 27.4 Å². The van der Waals surface area contributed by atoms with Crippen molar-refractivity contribution < 1.29 is 9.47 Å². The Balaban J connectivity index is 2.52. The fraction of sp³-hybridized carbons (Fsp3) is 0.368. The summed E-state index contributed by atoms with van der Waals surface area (Å²) in [5, 5.41) is 0. The Bertz CT molecular complexity index is 651. The van der Waals surface area contributed by atoms with Crippen molar-refractivity contribution in [3.05, 3.63) is 47.0 Å². The van der Waals surface area contributed by atoms with Crippen LogP contribution in [0.25, 0.3) is 11.1 Å². The minimum absolute atomic E-state index is 0.612. The zero-order valence-corrected chi connectivity index (χ0v) is 14.2. The first-order chi connectivity index (χ1) is 11.1. The average molecular weight is 314 g/mol. The smallest absolute Gasteiger partial charge is 0.0503 e. The first-order valence-electron chi connectivity index (χ1n) is 7.83. The Kier molecular flexibility index (Phi) is 6.02. The molecule has 2 aromatic rings. The van der Waals surface area contributed by atoms with Gasteiger partial charge in [-0.05, 0) is 42.5 Å². The van der Waals surface area contributed by atoms with Crippen molar-refractivity contribution in [2.75, 3.05) is 38.9 Å². The second-order valence-corrected chi connectivity index (χ2v) is 5.74. The monoisotopic (exact) mass is 314 g/mol. The van der Waals surface area contributed by atoms with E-state index in [0.717, 1.165) is 46.5 Å². The maximum atomic E-state index is 6.48. The van der Waals surface area contributed by atoms with E-state index in [1.807, 2.05) is 6.07 Å². The van der Waals surface area contributed by atoms with Crippen LogP contribution in [0, 0.1) is 6.92 Å². The molecular weight excluding hydrogens is 288 g/mol. The van der Waals surface area contributed by atoms with Crippen molar-refractivity contribution in [2.24, 2.45) is 0 Å². The number of aryl methyl sites for hydroxylation is 1. The van der Waals surface area contributed by atoms with Crippen LogP contribution in [0.2, 0.25) is 0 Å². The summed E-state index contributed by atoms with van der Waals surface area (Å²) in [6.45, 7) is 3.30. The summed E-state index contributed by atoms with van der Waals surface area (Å²) < 4.78 is 10.4. The van der Waals surface area contributed by atoms with Gasteiger partial charge in [-0.3, -0.25) is 0 Å². The number of ether oxygens (including phenoxy) is 2. The zero-order valence-electron chi connectivity index (χ0n) is 14.2. The van der Waals surface area contributed by atoms with Gasteiger partial charge in [-0.1, -0.05) is 29.8 Å². The Morgan fingerprint density at radius 3 is 2.00 bits per heavy atom. The highest BCUT2D eigenvalue weighted by molar-refractivity contribution is 5.83. The van der Waals surface area contributed by atoms with Gasteiger partial charge in [-0.25, -0.2) is 0 Å². The number of benzene rings is 2. The van der Waals surface area contributed by atoms with Crippen molar-refractivity contribution in [3.63, 3.8) is 0 Å². The topological polar surface area (TPSA) is 70.5 Å². The summed E-state index contributed by atoms with van der Waals surface area (Å²) in [4.78, 5) is 0. The summed E-state index contributed by atoms with van der Waals surface area (Å²) in [5.41, 5.74) is 19.8. The summed E-state index contributed by atoms with van der Waals surface area (Å²) in [6.07, 6.45) is 1.49. The molecule has 0 aliphatic rings. The molecule has 124 valence electrons. The van der Waals surface area contributed by atoms with Gasteiger partial charge in [0.2, 0.25) is 0 Å². The van der Waals surface area contributed by atoms with Gasteiger partial charge in [-0.2, -0.15) is 0 Å². The predicted octanol–water partition coefficient (Wildman–Crippen LogP) is 3.20. The Labute approximate surface area is 138 Å². The molecule has 2 rings (SSSR count). The first-order valence-corrected chi connectivity index (χ1v) is 7.83. The van der Waals surface area contributed by atoms with E-state index in [-0.39, 0.29) is 0 Å². The van der Waals surface area contributed by atoms with Crippen molar-refractivity contribution >= 4 is 11.4 Å². The summed E-state index contributed by atoms with van der Waals surface area (Å²) in [7, 11) is 3.38. The van der Waals surface area contributed by atoms with Crippen LogP contribution in [-0.2, 0) is 22.3 Å². The normalized spacial score (nSPS) is 10.9. The van der Waals surface area contributed by atoms with E-state index < -0.39 is 0 Å².